The van der Waals surface area contributed by atoms with Crippen LogP contribution < -0.4 is 14.9 Å². The smallest absolute Gasteiger partial charge is 0.335 e. The van der Waals surface area contributed by atoms with Gasteiger partial charge in [0.15, 0.2) is 4.80 Å². The summed E-state index contributed by atoms with van der Waals surface area (Å²) in [5.41, 5.74) is 5.02. The van der Waals surface area contributed by atoms with Crippen LogP contribution in [0.2, 0.25) is 0 Å². The van der Waals surface area contributed by atoms with Crippen molar-refractivity contribution in [2.75, 3.05) is 0 Å². The first kappa shape index (κ1) is 25.6. The van der Waals surface area contributed by atoms with Gasteiger partial charge in [-0.2, -0.15) is 0 Å². The average Bonchev–Trinajstić information content (AvgIpc) is 3.60. The van der Waals surface area contributed by atoms with Crippen LogP contribution in [0.4, 0.5) is 5.69 Å². The van der Waals surface area contributed by atoms with E-state index in [9.17, 15) is 24.8 Å². The molecule has 3 heterocycles. The quantitative estimate of drug-likeness (QED) is 0.227. The molecular formula is C32H21N3O6S. The lowest BCUT2D eigenvalue weighted by Crippen LogP contribution is -2.38. The minimum atomic E-state index is -1.03. The number of aromatic carboxylic acids is 1. The van der Waals surface area contributed by atoms with Gasteiger partial charge >= 0.3 is 5.97 Å². The van der Waals surface area contributed by atoms with Crippen LogP contribution in [0.1, 0.15) is 45.3 Å². The van der Waals surface area contributed by atoms with Gasteiger partial charge in [0.05, 0.1) is 26.8 Å². The molecule has 0 amide bonds. The first-order valence-corrected chi connectivity index (χ1v) is 14.0. The minimum absolute atomic E-state index is 0.0416. The van der Waals surface area contributed by atoms with Gasteiger partial charge in [-0.25, -0.2) is 9.79 Å². The lowest BCUT2D eigenvalue weighted by atomic mass is 9.83. The fourth-order valence-corrected chi connectivity index (χ4v) is 6.63. The van der Waals surface area contributed by atoms with Gasteiger partial charge in [0.1, 0.15) is 11.5 Å². The van der Waals surface area contributed by atoms with E-state index in [0.717, 1.165) is 23.3 Å². The number of nitro benzene ring substituents is 1. The molecule has 0 spiro atoms. The molecule has 206 valence electrons. The highest BCUT2D eigenvalue weighted by atomic mass is 32.1. The Morgan fingerprint density at radius 2 is 1.88 bits per heavy atom. The van der Waals surface area contributed by atoms with Gasteiger partial charge in [0, 0.05) is 29.3 Å². The number of aromatic nitrogens is 1. The summed E-state index contributed by atoms with van der Waals surface area (Å²) in [5, 5.41) is 20.9. The Morgan fingerprint density at radius 1 is 1.05 bits per heavy atom. The topological polar surface area (TPSA) is 128 Å². The molecule has 7 rings (SSSR count). The van der Waals surface area contributed by atoms with Gasteiger partial charge in [-0.1, -0.05) is 59.9 Å². The van der Waals surface area contributed by atoms with Crippen molar-refractivity contribution in [2.45, 2.75) is 18.9 Å². The number of nitrogens with zero attached hydrogens (tertiary/aromatic N) is 3. The Hall–Kier alpha value is -5.35. The van der Waals surface area contributed by atoms with E-state index in [1.54, 1.807) is 41.0 Å². The number of non-ortho nitro benzene ring substituents is 1. The summed E-state index contributed by atoms with van der Waals surface area (Å²) >= 11 is 1.23. The summed E-state index contributed by atoms with van der Waals surface area (Å²) in [6.45, 7) is 0. The third kappa shape index (κ3) is 4.29. The number of allylic oxidation sites excluding steroid dienone is 1. The molecule has 0 radical (unpaired) electrons. The van der Waals surface area contributed by atoms with Crippen molar-refractivity contribution < 1.29 is 19.2 Å². The van der Waals surface area contributed by atoms with Gasteiger partial charge in [0.25, 0.3) is 11.2 Å². The van der Waals surface area contributed by atoms with Gasteiger partial charge < -0.3 is 9.52 Å². The number of hydrogen-bond donors (Lipinski definition) is 1. The fourth-order valence-electron chi connectivity index (χ4n) is 5.65. The van der Waals surface area contributed by atoms with Crippen LogP contribution >= 0.6 is 11.3 Å². The summed E-state index contributed by atoms with van der Waals surface area (Å²) in [7, 11) is 0. The molecule has 0 saturated heterocycles. The molecule has 1 atom stereocenters. The minimum Gasteiger partial charge on any atom is -0.478 e. The summed E-state index contributed by atoms with van der Waals surface area (Å²) in [6.07, 6.45) is 3.10. The molecule has 3 aromatic carbocycles. The van der Waals surface area contributed by atoms with Crippen molar-refractivity contribution >= 4 is 34.8 Å². The van der Waals surface area contributed by atoms with Crippen LogP contribution in [0.15, 0.2) is 105 Å². The number of aryl methyl sites for hydroxylation is 1. The predicted molar refractivity (Wildman–Crippen MR) is 157 cm³/mol. The van der Waals surface area contributed by atoms with Gasteiger partial charge in [-0.05, 0) is 53.8 Å². The second-order valence-electron chi connectivity index (χ2n) is 10.1. The number of hydrogen-bond acceptors (Lipinski definition) is 7. The normalized spacial score (nSPS) is 15.9. The number of rotatable bonds is 5. The zero-order valence-corrected chi connectivity index (χ0v) is 22.7. The summed E-state index contributed by atoms with van der Waals surface area (Å²) in [5.74, 6) is -0.135. The van der Waals surface area contributed by atoms with Crippen molar-refractivity contribution in [1.29, 1.82) is 0 Å². The van der Waals surface area contributed by atoms with Crippen molar-refractivity contribution in [1.82, 2.24) is 4.57 Å². The molecule has 5 aromatic rings. The standard InChI is InChI=1S/C32H21N3O6S/c36-30-27(17-23-12-14-26(41-23)19-6-3-8-21(15-19)31(37)38)42-32-33-28-24-10-2-1-5-18(24)11-13-25(28)29(34(30)32)20-7-4-9-22(16-20)35(39)40/h1-10,12,14-17,29H,11,13H2,(H,37,38)/b27-17+/t29-/m1/s1. The van der Waals surface area contributed by atoms with Gasteiger partial charge in [0.2, 0.25) is 0 Å². The number of thiazole rings is 1. The number of benzene rings is 3. The van der Waals surface area contributed by atoms with E-state index >= 15 is 0 Å². The molecule has 10 heteroatoms. The van der Waals surface area contributed by atoms with Crippen LogP contribution in [0.25, 0.3) is 23.1 Å². The molecule has 2 aromatic heterocycles. The lowest BCUT2D eigenvalue weighted by molar-refractivity contribution is -0.384. The second kappa shape index (κ2) is 9.93. The van der Waals surface area contributed by atoms with Crippen molar-refractivity contribution in [3.05, 3.63) is 148 Å². The molecular weight excluding hydrogens is 554 g/mol. The van der Waals surface area contributed by atoms with Crippen LogP contribution in [-0.4, -0.2) is 20.6 Å². The maximum atomic E-state index is 14.0. The van der Waals surface area contributed by atoms with E-state index in [1.807, 2.05) is 24.3 Å². The average molecular weight is 576 g/mol. The SMILES string of the molecule is O=C(O)c1cccc(-c2ccc(/C=c3/sc4n(c3=O)[C@H](c3cccc([N+](=O)[O-])c3)C3=C(N=4)c4ccccc4CC3)o2)c1. The predicted octanol–water partition coefficient (Wildman–Crippen LogP) is 5.19. The van der Waals surface area contributed by atoms with Crippen LogP contribution in [-0.2, 0) is 6.42 Å². The Morgan fingerprint density at radius 3 is 2.71 bits per heavy atom. The van der Waals surface area contributed by atoms with E-state index in [-0.39, 0.29) is 16.8 Å². The van der Waals surface area contributed by atoms with Crippen molar-refractivity contribution in [3.8, 4) is 11.3 Å². The van der Waals surface area contributed by atoms with Gasteiger partial charge in [-0.15, -0.1) is 0 Å². The van der Waals surface area contributed by atoms with E-state index < -0.39 is 16.9 Å². The molecule has 1 aliphatic carbocycles. The number of fused-ring (bicyclic) bond motifs is 3. The third-order valence-electron chi connectivity index (χ3n) is 7.56. The zero-order valence-electron chi connectivity index (χ0n) is 21.9. The Balaban J connectivity index is 1.39. The van der Waals surface area contributed by atoms with Crippen molar-refractivity contribution in [2.24, 2.45) is 4.99 Å². The highest BCUT2D eigenvalue weighted by Crippen LogP contribution is 2.41. The van der Waals surface area contributed by atoms with Crippen LogP contribution in [0.5, 0.6) is 0 Å². The summed E-state index contributed by atoms with van der Waals surface area (Å²) in [4.78, 5) is 42.0. The Labute approximate surface area is 241 Å². The van der Waals surface area contributed by atoms with E-state index in [4.69, 9.17) is 9.41 Å². The molecule has 0 fully saturated rings. The second-order valence-corrected chi connectivity index (χ2v) is 11.1. The molecule has 9 nitrogen and oxygen atoms in total. The molecule has 0 saturated carbocycles. The third-order valence-corrected chi connectivity index (χ3v) is 8.55. The van der Waals surface area contributed by atoms with Crippen molar-refractivity contribution in [3.63, 3.8) is 0 Å². The maximum absolute atomic E-state index is 14.0. The Bertz CT molecular complexity index is 2150. The van der Waals surface area contributed by atoms with E-state index in [1.165, 1.54) is 41.2 Å². The first-order valence-electron chi connectivity index (χ1n) is 13.2. The summed E-state index contributed by atoms with van der Waals surface area (Å²) < 4.78 is 8.01. The molecule has 42 heavy (non-hydrogen) atoms. The maximum Gasteiger partial charge on any atom is 0.335 e. The fraction of sp³-hybridized carbons (Fsp3) is 0.0938. The van der Waals surface area contributed by atoms with E-state index in [2.05, 4.69) is 6.07 Å². The molecule has 1 aliphatic heterocycles. The van der Waals surface area contributed by atoms with E-state index in [0.29, 0.717) is 38.4 Å². The highest BCUT2D eigenvalue weighted by Gasteiger charge is 2.33. The molecule has 0 bridgehead atoms. The highest BCUT2D eigenvalue weighted by molar-refractivity contribution is 7.07. The monoisotopic (exact) mass is 575 g/mol. The number of carboxylic acid groups (broad SMARTS) is 1. The number of furan rings is 1. The van der Waals surface area contributed by atoms with Crippen LogP contribution in [0.3, 0.4) is 0 Å². The van der Waals surface area contributed by atoms with Crippen LogP contribution in [0, 0.1) is 10.1 Å². The molecule has 1 N–H and O–H groups in total. The number of carbonyl (C=O) groups is 1. The first-order chi connectivity index (χ1) is 20.4. The van der Waals surface area contributed by atoms with Gasteiger partial charge in [-0.3, -0.25) is 19.5 Å². The lowest BCUT2D eigenvalue weighted by Gasteiger charge is -2.30. The zero-order chi connectivity index (χ0) is 29.0. The number of carboxylic acids is 1. The Kier molecular flexibility index (Phi) is 6.05. The number of nitro groups is 1. The largest absolute Gasteiger partial charge is 0.478 e. The summed E-state index contributed by atoms with van der Waals surface area (Å²) in [6, 6.07) is 23.8. The molecule has 2 aliphatic rings. The molecule has 0 unspecified atom stereocenters.